The topological polar surface area (TPSA) is 73.4 Å². The van der Waals surface area contributed by atoms with Crippen molar-refractivity contribution in [3.63, 3.8) is 0 Å². The molecule has 0 bridgehead atoms. The molecule has 3 aromatic rings. The normalized spacial score (nSPS) is 16.5. The Hall–Kier alpha value is -2.93. The predicted octanol–water partition coefficient (Wildman–Crippen LogP) is 2.36. The molecular weight excluding hydrogens is 332 g/mol. The van der Waals surface area contributed by atoms with Gasteiger partial charge in [-0.3, -0.25) is 9.78 Å². The van der Waals surface area contributed by atoms with Crippen molar-refractivity contribution in [2.24, 2.45) is 7.05 Å². The summed E-state index contributed by atoms with van der Waals surface area (Å²) in [6.45, 7) is 1.42. The molecule has 0 aromatic carbocycles. The highest BCUT2D eigenvalue weighted by Gasteiger charge is 2.35. The van der Waals surface area contributed by atoms with Gasteiger partial charge >= 0.3 is 0 Å². The Kier molecular flexibility index (Phi) is 4.53. The molecule has 1 amide bonds. The van der Waals surface area contributed by atoms with Crippen LogP contribution in [-0.2, 0) is 24.8 Å². The van der Waals surface area contributed by atoms with E-state index in [1.165, 1.54) is 6.26 Å². The quantitative estimate of drug-likeness (QED) is 0.705. The van der Waals surface area contributed by atoms with Gasteiger partial charge in [0.15, 0.2) is 5.76 Å². The molecule has 4 heterocycles. The van der Waals surface area contributed by atoms with Gasteiger partial charge < -0.3 is 18.6 Å². The van der Waals surface area contributed by atoms with Crippen LogP contribution in [0.3, 0.4) is 0 Å². The predicted molar refractivity (Wildman–Crippen MR) is 93.3 cm³/mol. The molecule has 0 unspecified atom stereocenters. The summed E-state index contributed by atoms with van der Waals surface area (Å²) < 4.78 is 13.2. The van der Waals surface area contributed by atoms with Gasteiger partial charge in [0.05, 0.1) is 43.2 Å². The van der Waals surface area contributed by atoms with Crippen molar-refractivity contribution in [2.75, 3.05) is 13.2 Å². The Morgan fingerprint density at radius 1 is 1.38 bits per heavy atom. The molecule has 0 saturated heterocycles. The minimum Gasteiger partial charge on any atom is -0.459 e. The molecule has 1 aliphatic rings. The molecule has 4 rings (SSSR count). The van der Waals surface area contributed by atoms with Crippen molar-refractivity contribution in [2.45, 2.75) is 19.1 Å². The van der Waals surface area contributed by atoms with E-state index in [0.29, 0.717) is 25.5 Å². The lowest BCUT2D eigenvalue weighted by atomic mass is 10.0. The van der Waals surface area contributed by atoms with E-state index in [4.69, 9.17) is 9.15 Å². The lowest BCUT2D eigenvalue weighted by Gasteiger charge is -2.35. The number of aromatic nitrogens is 3. The Bertz CT molecular complexity index is 874. The van der Waals surface area contributed by atoms with Gasteiger partial charge in [-0.2, -0.15) is 0 Å². The monoisotopic (exact) mass is 352 g/mol. The summed E-state index contributed by atoms with van der Waals surface area (Å²) in [6.07, 6.45) is 7.54. The van der Waals surface area contributed by atoms with Gasteiger partial charge in [0.25, 0.3) is 5.91 Å². The number of carbonyl (C=O) groups excluding carboxylic acids is 1. The fourth-order valence-corrected chi connectivity index (χ4v) is 3.36. The number of carbonyl (C=O) groups is 1. The SMILES string of the molecule is Cn1cnc2c1[C@@H](COCc1cccnc1)N(C(=O)c1ccco1)CC2. The summed E-state index contributed by atoms with van der Waals surface area (Å²) in [5.41, 5.74) is 3.03. The van der Waals surface area contributed by atoms with E-state index in [0.717, 1.165) is 23.4 Å². The number of fused-ring (bicyclic) bond motifs is 1. The molecule has 1 atom stereocenters. The first-order chi connectivity index (χ1) is 12.7. The van der Waals surface area contributed by atoms with Crippen molar-refractivity contribution >= 4 is 5.91 Å². The molecular formula is C19H20N4O3. The van der Waals surface area contributed by atoms with E-state index < -0.39 is 0 Å². The van der Waals surface area contributed by atoms with Crippen LogP contribution in [0, 0.1) is 0 Å². The largest absolute Gasteiger partial charge is 0.459 e. The van der Waals surface area contributed by atoms with Crippen molar-refractivity contribution in [1.29, 1.82) is 0 Å². The molecule has 0 spiro atoms. The zero-order chi connectivity index (χ0) is 17.9. The van der Waals surface area contributed by atoms with Crippen LogP contribution in [0.4, 0.5) is 0 Å². The Labute approximate surface area is 151 Å². The van der Waals surface area contributed by atoms with Crippen LogP contribution in [0.5, 0.6) is 0 Å². The van der Waals surface area contributed by atoms with Crippen LogP contribution in [0.2, 0.25) is 0 Å². The van der Waals surface area contributed by atoms with Gasteiger partial charge in [-0.05, 0) is 23.8 Å². The summed E-state index contributed by atoms with van der Waals surface area (Å²) in [5.74, 6) is 0.213. The fourth-order valence-electron chi connectivity index (χ4n) is 3.36. The molecule has 0 radical (unpaired) electrons. The first kappa shape index (κ1) is 16.5. The molecule has 1 aliphatic heterocycles. The minimum atomic E-state index is -0.208. The van der Waals surface area contributed by atoms with Crippen LogP contribution in [0.15, 0.2) is 53.7 Å². The molecule has 0 saturated carbocycles. The van der Waals surface area contributed by atoms with Crippen LogP contribution < -0.4 is 0 Å². The van der Waals surface area contributed by atoms with Gasteiger partial charge in [0, 0.05) is 32.4 Å². The number of hydrogen-bond donors (Lipinski definition) is 0. The average molecular weight is 352 g/mol. The number of imidazole rings is 1. The third-order valence-electron chi connectivity index (χ3n) is 4.60. The Morgan fingerprint density at radius 2 is 2.31 bits per heavy atom. The summed E-state index contributed by atoms with van der Waals surface area (Å²) in [5, 5.41) is 0. The zero-order valence-electron chi connectivity index (χ0n) is 14.5. The second-order valence-corrected chi connectivity index (χ2v) is 6.31. The van der Waals surface area contributed by atoms with E-state index in [2.05, 4.69) is 9.97 Å². The maximum Gasteiger partial charge on any atom is 0.290 e. The Morgan fingerprint density at radius 3 is 3.08 bits per heavy atom. The first-order valence-corrected chi connectivity index (χ1v) is 8.55. The zero-order valence-corrected chi connectivity index (χ0v) is 14.5. The van der Waals surface area contributed by atoms with Gasteiger partial charge in [-0.1, -0.05) is 6.07 Å². The highest BCUT2D eigenvalue weighted by atomic mass is 16.5. The van der Waals surface area contributed by atoms with Crippen molar-refractivity contribution in [3.8, 4) is 0 Å². The van der Waals surface area contributed by atoms with Crippen LogP contribution in [0.1, 0.15) is 33.5 Å². The number of aryl methyl sites for hydroxylation is 1. The van der Waals surface area contributed by atoms with Crippen LogP contribution in [-0.4, -0.2) is 38.5 Å². The number of amides is 1. The van der Waals surface area contributed by atoms with Crippen LogP contribution in [0.25, 0.3) is 0 Å². The fraction of sp³-hybridized carbons (Fsp3) is 0.316. The molecule has 0 aliphatic carbocycles. The molecule has 0 fully saturated rings. The maximum absolute atomic E-state index is 12.9. The number of ether oxygens (including phenoxy) is 1. The van der Waals surface area contributed by atoms with Crippen molar-refractivity contribution < 1.29 is 13.9 Å². The third-order valence-corrected chi connectivity index (χ3v) is 4.60. The second-order valence-electron chi connectivity index (χ2n) is 6.31. The number of rotatable bonds is 5. The molecule has 7 heteroatoms. The number of pyridine rings is 1. The standard InChI is InChI=1S/C19H20N4O3/c1-22-13-21-15-6-8-23(19(24)17-5-3-9-26-17)16(18(15)22)12-25-11-14-4-2-7-20-10-14/h2-5,7,9-10,13,16H,6,8,11-12H2,1H3/t16-/m1/s1. The van der Waals surface area contributed by atoms with E-state index >= 15 is 0 Å². The molecule has 134 valence electrons. The van der Waals surface area contributed by atoms with E-state index in [-0.39, 0.29) is 11.9 Å². The molecule has 0 N–H and O–H groups in total. The minimum absolute atomic E-state index is 0.128. The van der Waals surface area contributed by atoms with Gasteiger partial charge in [-0.15, -0.1) is 0 Å². The van der Waals surface area contributed by atoms with E-state index in [9.17, 15) is 4.79 Å². The van der Waals surface area contributed by atoms with Crippen LogP contribution >= 0.6 is 0 Å². The number of hydrogen-bond acceptors (Lipinski definition) is 5. The summed E-state index contributed by atoms with van der Waals surface area (Å²) in [6, 6.07) is 7.05. The third kappa shape index (κ3) is 3.13. The summed E-state index contributed by atoms with van der Waals surface area (Å²) >= 11 is 0. The maximum atomic E-state index is 12.9. The van der Waals surface area contributed by atoms with Gasteiger partial charge in [0.2, 0.25) is 0 Å². The van der Waals surface area contributed by atoms with E-state index in [1.807, 2.05) is 28.6 Å². The van der Waals surface area contributed by atoms with Crippen molar-refractivity contribution in [1.82, 2.24) is 19.4 Å². The number of furan rings is 1. The lowest BCUT2D eigenvalue weighted by Crippen LogP contribution is -2.42. The van der Waals surface area contributed by atoms with Gasteiger partial charge in [-0.25, -0.2) is 4.98 Å². The average Bonchev–Trinajstić information content (AvgIpc) is 3.33. The molecule has 26 heavy (non-hydrogen) atoms. The summed E-state index contributed by atoms with van der Waals surface area (Å²) in [4.78, 5) is 23.3. The molecule has 7 nitrogen and oxygen atoms in total. The molecule has 3 aromatic heterocycles. The van der Waals surface area contributed by atoms with Crippen molar-refractivity contribution in [3.05, 3.63) is 72.0 Å². The Balaban J connectivity index is 1.55. The smallest absolute Gasteiger partial charge is 0.290 e. The first-order valence-electron chi connectivity index (χ1n) is 8.55. The second kappa shape index (κ2) is 7.13. The van der Waals surface area contributed by atoms with Gasteiger partial charge in [0.1, 0.15) is 0 Å². The number of nitrogens with zero attached hydrogens (tertiary/aromatic N) is 4. The highest BCUT2D eigenvalue weighted by molar-refractivity contribution is 5.91. The van der Waals surface area contributed by atoms with E-state index in [1.54, 1.807) is 30.9 Å². The lowest BCUT2D eigenvalue weighted by molar-refractivity contribution is 0.0306. The highest BCUT2D eigenvalue weighted by Crippen LogP contribution is 2.30. The summed E-state index contributed by atoms with van der Waals surface area (Å²) in [7, 11) is 1.95.